The monoisotopic (exact) mass is 656 g/mol. The maximum Gasteiger partial charge on any atom is 0.238 e. The predicted molar refractivity (Wildman–Crippen MR) is 160 cm³/mol. The number of carbonyl (C=O) groups is 4. The normalized spacial score (nSPS) is 30.7. The number of amides is 4. The molecule has 242 valence electrons. The molecule has 0 N–H and O–H groups in total. The van der Waals surface area contributed by atoms with Gasteiger partial charge in [-0.25, -0.2) is 9.80 Å². The summed E-state index contributed by atoms with van der Waals surface area (Å²) in [5.41, 5.74) is -0.243. The molecule has 48 heavy (non-hydrogen) atoms. The number of hydrogen-bond acceptors (Lipinski definition) is 6. The van der Waals surface area contributed by atoms with E-state index in [1.807, 2.05) is 24.3 Å². The van der Waals surface area contributed by atoms with Crippen LogP contribution in [0, 0.1) is 70.6 Å². The molecule has 2 aliphatic heterocycles. The van der Waals surface area contributed by atoms with Gasteiger partial charge in [-0.2, -0.15) is 17.6 Å². The number of hydrogen-bond donors (Lipinski definition) is 0. The van der Waals surface area contributed by atoms with Crippen molar-refractivity contribution in [3.05, 3.63) is 96.1 Å². The average Bonchev–Trinajstić information content (AvgIpc) is 3.94. The summed E-state index contributed by atoms with van der Waals surface area (Å²) in [6, 6.07) is 10.9. The van der Waals surface area contributed by atoms with Gasteiger partial charge < -0.3 is 9.47 Å². The van der Waals surface area contributed by atoms with Crippen LogP contribution in [0.25, 0.3) is 0 Å². The van der Waals surface area contributed by atoms with E-state index in [-0.39, 0.29) is 46.5 Å². The SMILES string of the molecule is O=C1[C@@H]2[C@H](C(=O)N1c1ccccc1Oc1c(F)c(F)c(Oc3ccccc3N3C(=O)[C@H]4[C@H](C3=O)[C@H]3C=C[C@H]4C3)c(F)c1F)[C@H]1C=C[C@H]2C1. The smallest absolute Gasteiger partial charge is 0.238 e. The zero-order chi connectivity index (χ0) is 33.2. The van der Waals surface area contributed by atoms with Crippen molar-refractivity contribution in [1.82, 2.24) is 0 Å². The van der Waals surface area contributed by atoms with Crippen molar-refractivity contribution in [2.75, 3.05) is 9.80 Å². The van der Waals surface area contributed by atoms with Gasteiger partial charge in [-0.1, -0.05) is 48.6 Å². The molecule has 3 aromatic carbocycles. The molecule has 2 saturated heterocycles. The number of para-hydroxylation sites is 4. The number of carbonyl (C=O) groups excluding carboxylic acids is 4. The number of anilines is 2. The summed E-state index contributed by atoms with van der Waals surface area (Å²) in [5, 5.41) is 0. The molecule has 8 atom stereocenters. The highest BCUT2D eigenvalue weighted by Gasteiger charge is 2.61. The van der Waals surface area contributed by atoms with Gasteiger partial charge in [-0.15, -0.1) is 0 Å². The maximum absolute atomic E-state index is 15.6. The van der Waals surface area contributed by atoms with Crippen molar-refractivity contribution >= 4 is 35.0 Å². The molecule has 3 aromatic rings. The molecule has 9 rings (SSSR count). The first-order valence-electron chi connectivity index (χ1n) is 15.7. The van der Waals surface area contributed by atoms with Crippen molar-refractivity contribution in [2.24, 2.45) is 47.3 Å². The number of imide groups is 2. The Bertz CT molecular complexity index is 1830. The number of nitrogens with zero attached hydrogens (tertiary/aromatic N) is 2. The lowest BCUT2D eigenvalue weighted by atomic mass is 9.85. The van der Waals surface area contributed by atoms with Crippen LogP contribution in [0.3, 0.4) is 0 Å². The molecule has 8 nitrogen and oxygen atoms in total. The highest BCUT2D eigenvalue weighted by molar-refractivity contribution is 6.24. The summed E-state index contributed by atoms with van der Waals surface area (Å²) in [5.74, 6) is -16.1. The highest BCUT2D eigenvalue weighted by atomic mass is 19.2. The third kappa shape index (κ3) is 3.76. The minimum atomic E-state index is -1.94. The van der Waals surface area contributed by atoms with Crippen LogP contribution in [0.1, 0.15) is 12.8 Å². The highest BCUT2D eigenvalue weighted by Crippen LogP contribution is 2.56. The van der Waals surface area contributed by atoms with E-state index in [4.69, 9.17) is 9.47 Å². The zero-order valence-corrected chi connectivity index (χ0v) is 24.8. The first-order valence-corrected chi connectivity index (χ1v) is 15.7. The predicted octanol–water partition coefficient (Wildman–Crippen LogP) is 6.45. The Morgan fingerprint density at radius 2 is 0.771 bits per heavy atom. The molecule has 0 radical (unpaired) electrons. The molecule has 0 spiro atoms. The summed E-state index contributed by atoms with van der Waals surface area (Å²) in [4.78, 5) is 55.4. The number of halogens is 4. The summed E-state index contributed by atoms with van der Waals surface area (Å²) in [7, 11) is 0. The minimum Gasteiger partial charge on any atom is -0.449 e. The van der Waals surface area contributed by atoms with E-state index in [0.29, 0.717) is 12.8 Å². The minimum absolute atomic E-state index is 0.0984. The van der Waals surface area contributed by atoms with E-state index in [2.05, 4.69) is 0 Å². The van der Waals surface area contributed by atoms with Crippen LogP contribution >= 0.6 is 0 Å². The largest absolute Gasteiger partial charge is 0.449 e. The Morgan fingerprint density at radius 1 is 0.479 bits per heavy atom. The Hall–Kier alpha value is -5.26. The Labute approximate surface area is 270 Å². The molecule has 2 heterocycles. The van der Waals surface area contributed by atoms with Crippen molar-refractivity contribution in [3.63, 3.8) is 0 Å². The molecule has 12 heteroatoms. The standard InChI is InChI=1S/C36H24F4N2O6/c37-27-29(39)32(48-22-8-4-2-6-20(22)42-35(45)25-17-11-12-18(14-17)26(25)36(42)46)30(40)28(38)31(27)47-21-7-3-1-5-19(21)41-33(43)23-15-9-10-16(13-15)24(23)34(41)44/h1-12,15-18,23-26H,13-14H2/t15-,16-,17-,18-,23-,24+,25+,26+/m0/s1. The fraction of sp³-hybridized carbons (Fsp3) is 0.278. The van der Waals surface area contributed by atoms with E-state index in [1.165, 1.54) is 48.5 Å². The van der Waals surface area contributed by atoms with Crippen LogP contribution in [0.2, 0.25) is 0 Å². The zero-order valence-electron chi connectivity index (χ0n) is 24.8. The van der Waals surface area contributed by atoms with Crippen molar-refractivity contribution in [3.8, 4) is 23.0 Å². The van der Waals surface area contributed by atoms with Crippen LogP contribution in [-0.4, -0.2) is 23.6 Å². The summed E-state index contributed by atoms with van der Waals surface area (Å²) < 4.78 is 73.0. The van der Waals surface area contributed by atoms with Crippen molar-refractivity contribution in [1.29, 1.82) is 0 Å². The van der Waals surface area contributed by atoms with Gasteiger partial charge in [0.2, 0.25) is 58.4 Å². The van der Waals surface area contributed by atoms with E-state index in [1.54, 1.807) is 0 Å². The first-order chi connectivity index (χ1) is 23.2. The van der Waals surface area contributed by atoms with Crippen molar-refractivity contribution < 1.29 is 46.2 Å². The molecule has 6 aliphatic rings. The van der Waals surface area contributed by atoms with Gasteiger partial charge in [0.05, 0.1) is 35.0 Å². The lowest BCUT2D eigenvalue weighted by Gasteiger charge is -2.22. The van der Waals surface area contributed by atoms with E-state index < -0.39 is 82.1 Å². The molecule has 4 bridgehead atoms. The Balaban J connectivity index is 1.03. The van der Waals surface area contributed by atoms with Crippen LogP contribution < -0.4 is 19.3 Å². The van der Waals surface area contributed by atoms with Gasteiger partial charge in [0.25, 0.3) is 0 Å². The van der Waals surface area contributed by atoms with E-state index in [0.717, 1.165) is 9.80 Å². The fourth-order valence-electron chi connectivity index (χ4n) is 8.73. The van der Waals surface area contributed by atoms with Gasteiger partial charge >= 0.3 is 0 Å². The second-order valence-electron chi connectivity index (χ2n) is 13.1. The first kappa shape index (κ1) is 28.9. The number of fused-ring (bicyclic) bond motifs is 10. The third-order valence-corrected chi connectivity index (χ3v) is 10.8. The van der Waals surface area contributed by atoms with E-state index in [9.17, 15) is 19.2 Å². The van der Waals surface area contributed by atoms with Gasteiger partial charge in [0.1, 0.15) is 0 Å². The van der Waals surface area contributed by atoms with Crippen LogP contribution in [0.5, 0.6) is 23.0 Å². The lowest BCUT2D eigenvalue weighted by Crippen LogP contribution is -2.33. The molecule has 4 amide bonds. The fourth-order valence-corrected chi connectivity index (χ4v) is 8.73. The van der Waals surface area contributed by atoms with Gasteiger partial charge in [-0.3, -0.25) is 19.2 Å². The molecule has 4 fully saturated rings. The third-order valence-electron chi connectivity index (χ3n) is 10.8. The summed E-state index contributed by atoms with van der Waals surface area (Å²) in [6.07, 6.45) is 9.03. The van der Waals surface area contributed by atoms with Gasteiger partial charge in [-0.05, 0) is 60.8 Å². The Morgan fingerprint density at radius 3 is 1.08 bits per heavy atom. The van der Waals surface area contributed by atoms with Crippen LogP contribution in [0.15, 0.2) is 72.8 Å². The van der Waals surface area contributed by atoms with Crippen LogP contribution in [0.4, 0.5) is 28.9 Å². The van der Waals surface area contributed by atoms with Gasteiger partial charge in [0, 0.05) is 0 Å². The molecular formula is C36H24F4N2O6. The number of rotatable bonds is 6. The Kier molecular flexibility index (Phi) is 6.10. The quantitative estimate of drug-likeness (QED) is 0.131. The van der Waals surface area contributed by atoms with Crippen LogP contribution in [-0.2, 0) is 19.2 Å². The van der Waals surface area contributed by atoms with Crippen molar-refractivity contribution in [2.45, 2.75) is 12.8 Å². The second-order valence-corrected chi connectivity index (χ2v) is 13.1. The molecule has 0 unspecified atom stereocenters. The number of benzene rings is 3. The average molecular weight is 657 g/mol. The van der Waals surface area contributed by atoms with Gasteiger partial charge in [0.15, 0.2) is 11.5 Å². The topological polar surface area (TPSA) is 93.2 Å². The molecule has 0 aromatic heterocycles. The lowest BCUT2D eigenvalue weighted by molar-refractivity contribution is -0.124. The molecular weight excluding hydrogens is 632 g/mol. The molecule has 4 aliphatic carbocycles. The summed E-state index contributed by atoms with van der Waals surface area (Å²) >= 11 is 0. The number of ether oxygens (including phenoxy) is 2. The summed E-state index contributed by atoms with van der Waals surface area (Å²) in [6.45, 7) is 0. The second kappa shape index (κ2) is 10.1. The molecule has 2 saturated carbocycles. The van der Waals surface area contributed by atoms with E-state index >= 15 is 17.6 Å². The number of allylic oxidation sites excluding steroid dienone is 4. The maximum atomic E-state index is 15.6.